The number of sulfone groups is 1. The second-order valence-electron chi connectivity index (χ2n) is 6.22. The fourth-order valence-corrected chi connectivity index (χ4v) is 4.01. The molecule has 5 nitrogen and oxygen atoms in total. The van der Waals surface area contributed by atoms with Gasteiger partial charge in [-0.15, -0.1) is 0 Å². The second-order valence-corrected chi connectivity index (χ2v) is 8.14. The highest BCUT2D eigenvalue weighted by molar-refractivity contribution is 7.91. The number of ether oxygens (including phenoxy) is 1. The van der Waals surface area contributed by atoms with E-state index in [1.165, 1.54) is 12.1 Å². The fraction of sp³-hybridized carbons (Fsp3) is 0. The average molecular weight is 424 g/mol. The van der Waals surface area contributed by atoms with Crippen LogP contribution in [0.2, 0.25) is 0 Å². The van der Waals surface area contributed by atoms with E-state index in [-0.39, 0.29) is 27.2 Å². The lowest BCUT2D eigenvalue weighted by molar-refractivity contribution is 0.411. The number of nitrogens with zero attached hydrogens (tertiary/aromatic N) is 2. The first-order chi connectivity index (χ1) is 14.4. The molecule has 150 valence electrons. The molecule has 0 aliphatic rings. The Bertz CT molecular complexity index is 1300. The van der Waals surface area contributed by atoms with Crippen LogP contribution in [0.3, 0.4) is 0 Å². The molecule has 0 spiro atoms. The molecule has 1 heterocycles. The number of rotatable bonds is 5. The van der Waals surface area contributed by atoms with Crippen LogP contribution in [0.5, 0.6) is 11.6 Å². The van der Waals surface area contributed by atoms with Crippen molar-refractivity contribution in [2.45, 2.75) is 9.79 Å². The van der Waals surface area contributed by atoms with Gasteiger partial charge in [0.2, 0.25) is 15.7 Å². The Morgan fingerprint density at radius 3 is 2.17 bits per heavy atom. The molecular formula is C22H14F2N2O3S. The van der Waals surface area contributed by atoms with Crippen LogP contribution in [0.15, 0.2) is 94.9 Å². The van der Waals surface area contributed by atoms with Gasteiger partial charge < -0.3 is 4.74 Å². The molecule has 0 atom stereocenters. The predicted molar refractivity (Wildman–Crippen MR) is 106 cm³/mol. The molecule has 8 heteroatoms. The lowest BCUT2D eigenvalue weighted by Gasteiger charge is -2.12. The summed E-state index contributed by atoms with van der Waals surface area (Å²) in [5.41, 5.74) is 0.616. The molecule has 4 aromatic rings. The number of aromatic nitrogens is 2. The summed E-state index contributed by atoms with van der Waals surface area (Å²) in [6.45, 7) is 0. The first-order valence-corrected chi connectivity index (χ1v) is 10.3. The molecule has 4 rings (SSSR count). The quantitative estimate of drug-likeness (QED) is 0.449. The van der Waals surface area contributed by atoms with Gasteiger partial charge in [-0.25, -0.2) is 22.2 Å². The molecule has 0 unspecified atom stereocenters. The molecule has 1 aromatic heterocycles. The maximum absolute atomic E-state index is 14.2. The van der Waals surface area contributed by atoms with Gasteiger partial charge in [-0.3, -0.25) is 0 Å². The van der Waals surface area contributed by atoms with Gasteiger partial charge in [0.05, 0.1) is 11.1 Å². The van der Waals surface area contributed by atoms with Gasteiger partial charge >= 0.3 is 0 Å². The van der Waals surface area contributed by atoms with Crippen LogP contribution >= 0.6 is 0 Å². The van der Waals surface area contributed by atoms with Gasteiger partial charge in [0.15, 0.2) is 22.3 Å². The van der Waals surface area contributed by atoms with Gasteiger partial charge in [0.25, 0.3) is 0 Å². The molecule has 30 heavy (non-hydrogen) atoms. The molecule has 0 aliphatic carbocycles. The standard InChI is InChI=1S/C22H14F2N2O3S/c23-16-11-12-19(18(24)13-16)29-22-20(30(27,28)17-9-5-2-6-10-17)14-25-21(26-22)15-7-3-1-4-8-15/h1-14H. The summed E-state index contributed by atoms with van der Waals surface area (Å²) in [5, 5.41) is 0. The van der Waals surface area contributed by atoms with Crippen LogP contribution < -0.4 is 4.74 Å². The van der Waals surface area contributed by atoms with Crippen molar-refractivity contribution in [1.29, 1.82) is 0 Å². The Balaban J connectivity index is 1.87. The molecule has 3 aromatic carbocycles. The van der Waals surface area contributed by atoms with E-state index in [2.05, 4.69) is 9.97 Å². The molecule has 0 fully saturated rings. The Labute approximate surface area is 171 Å². The van der Waals surface area contributed by atoms with E-state index in [0.29, 0.717) is 11.6 Å². The zero-order valence-corrected chi connectivity index (χ0v) is 16.2. The number of hydrogen-bond donors (Lipinski definition) is 0. The van der Waals surface area contributed by atoms with Gasteiger partial charge in [-0.2, -0.15) is 4.98 Å². The van der Waals surface area contributed by atoms with Gasteiger partial charge in [0, 0.05) is 11.6 Å². The zero-order chi connectivity index (χ0) is 21.1. The largest absolute Gasteiger partial charge is 0.434 e. The molecule has 0 radical (unpaired) electrons. The third-order valence-corrected chi connectivity index (χ3v) is 5.95. The average Bonchev–Trinajstić information content (AvgIpc) is 2.77. The summed E-state index contributed by atoms with van der Waals surface area (Å²) in [6.07, 6.45) is 1.12. The van der Waals surface area contributed by atoms with E-state index < -0.39 is 21.5 Å². The van der Waals surface area contributed by atoms with E-state index in [0.717, 1.165) is 18.3 Å². The Kier molecular flexibility index (Phi) is 5.24. The van der Waals surface area contributed by atoms with Crippen molar-refractivity contribution in [3.8, 4) is 23.0 Å². The minimum absolute atomic E-state index is 0.00508. The predicted octanol–water partition coefficient (Wildman–Crippen LogP) is 5.05. The fourth-order valence-electron chi connectivity index (χ4n) is 2.73. The summed E-state index contributed by atoms with van der Waals surface area (Å²) < 4.78 is 59.1. The van der Waals surface area contributed by atoms with Gasteiger partial charge in [-0.05, 0) is 24.3 Å². The van der Waals surface area contributed by atoms with Crippen LogP contribution in [-0.4, -0.2) is 18.4 Å². The van der Waals surface area contributed by atoms with Gasteiger partial charge in [-0.1, -0.05) is 48.5 Å². The number of halogens is 2. The zero-order valence-electron chi connectivity index (χ0n) is 15.4. The lowest BCUT2D eigenvalue weighted by atomic mass is 10.2. The summed E-state index contributed by atoms with van der Waals surface area (Å²) in [5.74, 6) is -2.31. The van der Waals surface area contributed by atoms with Crippen LogP contribution in [0.25, 0.3) is 11.4 Å². The molecule has 0 aliphatic heterocycles. The normalized spacial score (nSPS) is 11.3. The third kappa shape index (κ3) is 3.90. The van der Waals surface area contributed by atoms with Crippen LogP contribution in [0.1, 0.15) is 0 Å². The topological polar surface area (TPSA) is 69.2 Å². The van der Waals surface area contributed by atoms with E-state index >= 15 is 0 Å². The second kappa shape index (κ2) is 8.00. The highest BCUT2D eigenvalue weighted by Crippen LogP contribution is 2.33. The minimum atomic E-state index is -4.06. The van der Waals surface area contributed by atoms with E-state index in [1.807, 2.05) is 6.07 Å². The number of hydrogen-bond acceptors (Lipinski definition) is 5. The van der Waals surface area contributed by atoms with Crippen molar-refractivity contribution in [1.82, 2.24) is 9.97 Å². The van der Waals surface area contributed by atoms with Crippen LogP contribution in [-0.2, 0) is 9.84 Å². The Hall–Kier alpha value is -3.65. The van der Waals surface area contributed by atoms with Crippen molar-refractivity contribution in [3.05, 3.63) is 96.7 Å². The van der Waals surface area contributed by atoms with E-state index in [4.69, 9.17) is 4.74 Å². The van der Waals surface area contributed by atoms with Crippen molar-refractivity contribution in [2.75, 3.05) is 0 Å². The van der Waals surface area contributed by atoms with Gasteiger partial charge in [0.1, 0.15) is 5.82 Å². The van der Waals surface area contributed by atoms with Crippen molar-refractivity contribution >= 4 is 9.84 Å². The SMILES string of the molecule is O=S(=O)(c1ccccc1)c1cnc(-c2ccccc2)nc1Oc1ccc(F)cc1F. The summed E-state index contributed by atoms with van der Waals surface area (Å²) >= 11 is 0. The molecule has 0 amide bonds. The highest BCUT2D eigenvalue weighted by Gasteiger charge is 2.26. The first kappa shape index (κ1) is 19.7. The maximum Gasteiger partial charge on any atom is 0.242 e. The van der Waals surface area contributed by atoms with Crippen molar-refractivity contribution in [3.63, 3.8) is 0 Å². The minimum Gasteiger partial charge on any atom is -0.434 e. The van der Waals surface area contributed by atoms with Crippen molar-refractivity contribution in [2.24, 2.45) is 0 Å². The smallest absolute Gasteiger partial charge is 0.242 e. The monoisotopic (exact) mass is 424 g/mol. The number of benzene rings is 3. The molecule has 0 saturated heterocycles. The lowest BCUT2D eigenvalue weighted by Crippen LogP contribution is -2.07. The Morgan fingerprint density at radius 1 is 0.833 bits per heavy atom. The summed E-state index contributed by atoms with van der Waals surface area (Å²) in [6, 6.07) is 19.2. The Morgan fingerprint density at radius 2 is 1.50 bits per heavy atom. The summed E-state index contributed by atoms with van der Waals surface area (Å²) in [7, 11) is -4.06. The summed E-state index contributed by atoms with van der Waals surface area (Å²) in [4.78, 5) is 8.05. The molecule has 0 bridgehead atoms. The van der Waals surface area contributed by atoms with Crippen molar-refractivity contribution < 1.29 is 21.9 Å². The van der Waals surface area contributed by atoms with Crippen LogP contribution in [0.4, 0.5) is 8.78 Å². The highest BCUT2D eigenvalue weighted by atomic mass is 32.2. The molecule has 0 N–H and O–H groups in total. The first-order valence-electron chi connectivity index (χ1n) is 8.80. The molecule has 0 saturated carbocycles. The third-order valence-electron chi connectivity index (χ3n) is 4.20. The maximum atomic E-state index is 14.2. The van der Waals surface area contributed by atoms with E-state index in [1.54, 1.807) is 42.5 Å². The van der Waals surface area contributed by atoms with E-state index in [9.17, 15) is 17.2 Å². The van der Waals surface area contributed by atoms with Crippen LogP contribution in [0, 0.1) is 11.6 Å². The molecular weight excluding hydrogens is 410 g/mol.